The maximum atomic E-state index is 5.88. The van der Waals surface area contributed by atoms with Gasteiger partial charge in [-0.25, -0.2) is 0 Å². The zero-order chi connectivity index (χ0) is 12.0. The van der Waals surface area contributed by atoms with E-state index in [1.807, 2.05) is 11.8 Å². The molecule has 94 valence electrons. The average Bonchev–Trinajstić information content (AvgIpc) is 2.24. The molecule has 0 radical (unpaired) electrons. The van der Waals surface area contributed by atoms with Gasteiger partial charge in [0.15, 0.2) is 0 Å². The molecule has 0 aromatic rings. The minimum Gasteiger partial charge on any atom is -0.376 e. The fourth-order valence-corrected chi connectivity index (χ4v) is 1.93. The highest BCUT2D eigenvalue weighted by Gasteiger charge is 2.26. The summed E-state index contributed by atoms with van der Waals surface area (Å²) in [5, 5.41) is 0. The molecule has 0 amide bonds. The number of amidine groups is 1. The number of aliphatic imine (C=N–C) groups is 1. The van der Waals surface area contributed by atoms with E-state index in [1.54, 1.807) is 7.11 Å². The van der Waals surface area contributed by atoms with E-state index in [9.17, 15) is 0 Å². The third kappa shape index (κ3) is 3.80. The number of methoxy groups -OCH3 is 1. The molecule has 4 nitrogen and oxygen atoms in total. The Morgan fingerprint density at radius 2 is 2.44 bits per heavy atom. The van der Waals surface area contributed by atoms with Crippen LogP contribution in [-0.4, -0.2) is 55.1 Å². The zero-order valence-electron chi connectivity index (χ0n) is 9.73. The van der Waals surface area contributed by atoms with Crippen LogP contribution in [0, 0.1) is 0 Å². The third-order valence-electron chi connectivity index (χ3n) is 2.68. The van der Waals surface area contributed by atoms with E-state index in [0.29, 0.717) is 11.8 Å². The van der Waals surface area contributed by atoms with E-state index in [-0.39, 0.29) is 12.3 Å². The molecule has 1 saturated heterocycles. The molecule has 0 aromatic heterocycles. The molecule has 1 aliphatic heterocycles. The molecular weight excluding hydrogens is 248 g/mol. The van der Waals surface area contributed by atoms with Gasteiger partial charge < -0.3 is 14.4 Å². The molecule has 2 atom stereocenters. The van der Waals surface area contributed by atoms with E-state index in [0.717, 1.165) is 25.4 Å². The summed E-state index contributed by atoms with van der Waals surface area (Å²) < 4.78 is 10.7. The van der Waals surface area contributed by atoms with Gasteiger partial charge in [0, 0.05) is 20.3 Å². The van der Waals surface area contributed by atoms with Crippen LogP contribution in [0.2, 0.25) is 0 Å². The van der Waals surface area contributed by atoms with Gasteiger partial charge in [0.2, 0.25) is 0 Å². The first-order valence-corrected chi connectivity index (χ1v) is 6.50. The molecule has 1 fully saturated rings. The lowest BCUT2D eigenvalue weighted by Crippen LogP contribution is -2.48. The lowest BCUT2D eigenvalue weighted by Gasteiger charge is -2.36. The summed E-state index contributed by atoms with van der Waals surface area (Å²) in [4.78, 5) is 6.30. The Balaban J connectivity index is 2.63. The largest absolute Gasteiger partial charge is 0.376 e. The van der Waals surface area contributed by atoms with Gasteiger partial charge >= 0.3 is 0 Å². The van der Waals surface area contributed by atoms with Crippen molar-refractivity contribution in [2.24, 2.45) is 4.99 Å². The average molecular weight is 267 g/mol. The smallest absolute Gasteiger partial charge is 0.127 e. The lowest BCUT2D eigenvalue weighted by molar-refractivity contribution is -0.0809. The van der Waals surface area contributed by atoms with E-state index >= 15 is 0 Å². The van der Waals surface area contributed by atoms with E-state index in [2.05, 4.69) is 17.6 Å². The van der Waals surface area contributed by atoms with E-state index in [4.69, 9.17) is 21.1 Å². The Bertz CT molecular complexity index is 237. The number of hydrogen-bond acceptors (Lipinski definition) is 4. The maximum absolute atomic E-state index is 5.88. The molecule has 6 heteroatoms. The minimum absolute atomic E-state index is 0.0541. The number of halogens is 1. The summed E-state index contributed by atoms with van der Waals surface area (Å²) in [5.74, 6) is 1.60. The van der Waals surface area contributed by atoms with Gasteiger partial charge in [-0.05, 0) is 13.3 Å². The second-order valence-electron chi connectivity index (χ2n) is 3.62. The molecule has 1 aliphatic rings. The summed E-state index contributed by atoms with van der Waals surface area (Å²) in [6.07, 6.45) is 1.30. The van der Waals surface area contributed by atoms with Crippen LogP contribution in [-0.2, 0) is 9.47 Å². The normalized spacial score (nSPS) is 22.8. The summed E-state index contributed by atoms with van der Waals surface area (Å²) in [6.45, 7) is 3.59. The molecule has 0 aromatic carbocycles. The van der Waals surface area contributed by atoms with Crippen LogP contribution in [0.1, 0.15) is 13.3 Å². The predicted molar refractivity (Wildman–Crippen MR) is 69.5 cm³/mol. The molecule has 0 bridgehead atoms. The van der Waals surface area contributed by atoms with Gasteiger partial charge in [0.1, 0.15) is 12.1 Å². The molecule has 0 N–H and O–H groups in total. The predicted octanol–water partition coefficient (Wildman–Crippen LogP) is 1.59. The van der Waals surface area contributed by atoms with Crippen LogP contribution in [0.5, 0.6) is 0 Å². The molecule has 0 aliphatic carbocycles. The van der Waals surface area contributed by atoms with Gasteiger partial charge in [-0.15, -0.1) is 11.6 Å². The zero-order valence-corrected chi connectivity index (χ0v) is 11.4. The minimum atomic E-state index is -0.0541. The Morgan fingerprint density at radius 1 is 1.75 bits per heavy atom. The highest BCUT2D eigenvalue weighted by molar-refractivity contribution is 7.80. The van der Waals surface area contributed by atoms with E-state index in [1.165, 1.54) is 0 Å². The third-order valence-corrected chi connectivity index (χ3v) is 3.06. The molecule has 16 heavy (non-hydrogen) atoms. The van der Waals surface area contributed by atoms with Crippen molar-refractivity contribution in [2.75, 3.05) is 32.0 Å². The van der Waals surface area contributed by atoms with Crippen molar-refractivity contribution in [2.45, 2.75) is 25.7 Å². The Kier molecular flexibility index (Phi) is 6.49. The van der Waals surface area contributed by atoms with Crippen LogP contribution >= 0.6 is 24.2 Å². The molecule has 1 heterocycles. The Morgan fingerprint density at radius 3 is 2.81 bits per heavy atom. The molecule has 1 unspecified atom stereocenters. The lowest BCUT2D eigenvalue weighted by atomic mass is 10.2. The molecule has 1 rings (SSSR count). The summed E-state index contributed by atoms with van der Waals surface area (Å²) >= 11 is 9.97. The monoisotopic (exact) mass is 266 g/mol. The van der Waals surface area contributed by atoms with Gasteiger partial charge in [-0.2, -0.15) is 12.6 Å². The van der Waals surface area contributed by atoms with Crippen molar-refractivity contribution in [1.82, 2.24) is 4.90 Å². The second kappa shape index (κ2) is 7.37. The van der Waals surface area contributed by atoms with Crippen LogP contribution in [0.3, 0.4) is 0 Å². The summed E-state index contributed by atoms with van der Waals surface area (Å²) in [7, 11) is 1.67. The number of alkyl halides is 1. The molecule has 0 saturated carbocycles. The number of hydrogen-bond donors (Lipinski definition) is 1. The van der Waals surface area contributed by atoms with Crippen LogP contribution in [0.25, 0.3) is 0 Å². The number of nitrogens with zero attached hydrogens (tertiary/aromatic N) is 2. The second-order valence-corrected chi connectivity index (χ2v) is 4.17. The number of thiol groups is 1. The van der Waals surface area contributed by atoms with Gasteiger partial charge in [0.25, 0.3) is 0 Å². The van der Waals surface area contributed by atoms with Crippen molar-refractivity contribution >= 4 is 30.1 Å². The SMILES string of the molecule is COC(C)N(C[C@@H]1CCO1)/C(CCl)=N\CS. The quantitative estimate of drug-likeness (QED) is 0.261. The number of ether oxygens (including phenoxy) is 2. The fraction of sp³-hybridized carbons (Fsp3) is 0.900. The summed E-state index contributed by atoms with van der Waals surface area (Å²) in [6, 6.07) is 0. The fourth-order valence-electron chi connectivity index (χ4n) is 1.53. The van der Waals surface area contributed by atoms with Crippen molar-refractivity contribution in [3.8, 4) is 0 Å². The topological polar surface area (TPSA) is 34.1 Å². The number of rotatable bonds is 6. The maximum Gasteiger partial charge on any atom is 0.127 e. The highest BCUT2D eigenvalue weighted by atomic mass is 35.5. The van der Waals surface area contributed by atoms with Crippen molar-refractivity contribution in [1.29, 1.82) is 0 Å². The first-order valence-electron chi connectivity index (χ1n) is 5.34. The van der Waals surface area contributed by atoms with Crippen molar-refractivity contribution in [3.05, 3.63) is 0 Å². The van der Waals surface area contributed by atoms with Crippen molar-refractivity contribution < 1.29 is 9.47 Å². The van der Waals surface area contributed by atoms with Gasteiger partial charge in [-0.1, -0.05) is 0 Å². The van der Waals surface area contributed by atoms with Gasteiger partial charge in [-0.3, -0.25) is 4.99 Å². The van der Waals surface area contributed by atoms with Crippen LogP contribution < -0.4 is 0 Å². The first-order chi connectivity index (χ1) is 7.72. The van der Waals surface area contributed by atoms with E-state index < -0.39 is 0 Å². The Labute approximate surface area is 107 Å². The van der Waals surface area contributed by atoms with Crippen LogP contribution in [0.15, 0.2) is 4.99 Å². The molecular formula is C10H19ClN2O2S. The molecule has 0 spiro atoms. The standard InChI is InChI=1S/C10H19ClN2O2S/c1-8(14-2)13(6-9-3-4-15-9)10(5-11)12-7-16/h8-9,16H,3-7H2,1-2H3/b12-10-/t8?,9-/m0/s1. The van der Waals surface area contributed by atoms with Crippen molar-refractivity contribution in [3.63, 3.8) is 0 Å². The first kappa shape index (κ1) is 14.1. The van der Waals surface area contributed by atoms with Gasteiger partial charge in [0.05, 0.1) is 17.9 Å². The Hall–Kier alpha value is 0.0300. The summed E-state index contributed by atoms with van der Waals surface area (Å²) in [5.41, 5.74) is 0. The van der Waals surface area contributed by atoms with Crippen LogP contribution in [0.4, 0.5) is 0 Å². The highest BCUT2D eigenvalue weighted by Crippen LogP contribution is 2.15.